The van der Waals surface area contributed by atoms with Crippen LogP contribution in [0.2, 0.25) is 0 Å². The molecule has 4 aromatic rings. The van der Waals surface area contributed by atoms with Crippen molar-refractivity contribution < 1.29 is 13.9 Å². The Hall–Kier alpha value is -3.98. The maximum atomic E-state index is 14.1. The molecule has 9 heteroatoms. The van der Waals surface area contributed by atoms with Crippen LogP contribution in [0.3, 0.4) is 0 Å². The van der Waals surface area contributed by atoms with E-state index in [0.717, 1.165) is 36.2 Å². The summed E-state index contributed by atoms with van der Waals surface area (Å²) in [4.78, 5) is 24.1. The number of imidazole rings is 1. The van der Waals surface area contributed by atoms with Crippen molar-refractivity contribution in [2.45, 2.75) is 46.1 Å². The Balaban J connectivity index is 1.29. The Morgan fingerprint density at radius 1 is 1.08 bits per heavy atom. The first-order valence-electron chi connectivity index (χ1n) is 13.4. The van der Waals surface area contributed by atoms with Gasteiger partial charge < -0.3 is 24.8 Å². The van der Waals surface area contributed by atoms with Crippen LogP contribution in [-0.4, -0.2) is 44.5 Å². The number of benzene rings is 2. The molecule has 0 saturated carbocycles. The molecule has 3 heterocycles. The van der Waals surface area contributed by atoms with Gasteiger partial charge in [-0.2, -0.15) is 0 Å². The SMILES string of the molecule is CC(C)c1cc(Nc2nc3cc(Oc4ccnc(NC(=O)C5CCN(C(C)C)C5)c4)ccc3n2C)ccc1F. The number of hydrogen-bond acceptors (Lipinski definition) is 6. The summed E-state index contributed by atoms with van der Waals surface area (Å²) in [5, 5.41) is 6.25. The average molecular weight is 531 g/mol. The quantitative estimate of drug-likeness (QED) is 0.273. The maximum absolute atomic E-state index is 14.1. The van der Waals surface area contributed by atoms with Crippen LogP contribution in [0.4, 0.5) is 21.8 Å². The predicted octanol–water partition coefficient (Wildman–Crippen LogP) is 6.44. The fourth-order valence-electron chi connectivity index (χ4n) is 4.93. The molecule has 1 amide bonds. The van der Waals surface area contributed by atoms with Gasteiger partial charge in [0.05, 0.1) is 17.0 Å². The van der Waals surface area contributed by atoms with E-state index in [1.807, 2.05) is 49.7 Å². The van der Waals surface area contributed by atoms with Gasteiger partial charge >= 0.3 is 0 Å². The molecule has 204 valence electrons. The first kappa shape index (κ1) is 26.6. The number of carbonyl (C=O) groups is 1. The zero-order valence-corrected chi connectivity index (χ0v) is 23.0. The van der Waals surface area contributed by atoms with Crippen LogP contribution < -0.4 is 15.4 Å². The minimum absolute atomic E-state index is 0.0144. The second-order valence-corrected chi connectivity index (χ2v) is 10.7. The molecule has 1 fully saturated rings. The fourth-order valence-corrected chi connectivity index (χ4v) is 4.93. The molecule has 39 heavy (non-hydrogen) atoms. The highest BCUT2D eigenvalue weighted by Gasteiger charge is 2.29. The van der Waals surface area contributed by atoms with Crippen LogP contribution in [0.1, 0.15) is 45.6 Å². The summed E-state index contributed by atoms with van der Waals surface area (Å²) in [5.74, 6) is 2.09. The summed E-state index contributed by atoms with van der Waals surface area (Å²) in [5.41, 5.74) is 3.10. The number of rotatable bonds is 8. The van der Waals surface area contributed by atoms with Crippen LogP contribution in [0, 0.1) is 11.7 Å². The highest BCUT2D eigenvalue weighted by atomic mass is 19.1. The second kappa shape index (κ2) is 11.0. The Morgan fingerprint density at radius 3 is 2.62 bits per heavy atom. The molecular formula is C30H35FN6O2. The van der Waals surface area contributed by atoms with Crippen molar-refractivity contribution in [3.8, 4) is 11.5 Å². The van der Waals surface area contributed by atoms with Crippen LogP contribution in [0.25, 0.3) is 11.0 Å². The van der Waals surface area contributed by atoms with Crippen molar-refractivity contribution in [1.82, 2.24) is 19.4 Å². The molecule has 1 aliphatic rings. The van der Waals surface area contributed by atoms with E-state index in [-0.39, 0.29) is 23.6 Å². The molecule has 8 nitrogen and oxygen atoms in total. The van der Waals surface area contributed by atoms with Crippen molar-refractivity contribution in [3.63, 3.8) is 0 Å². The predicted molar refractivity (Wildman–Crippen MR) is 152 cm³/mol. The van der Waals surface area contributed by atoms with Crippen LogP contribution in [0.5, 0.6) is 11.5 Å². The largest absolute Gasteiger partial charge is 0.457 e. The number of anilines is 3. The molecular weight excluding hydrogens is 495 g/mol. The van der Waals surface area contributed by atoms with Gasteiger partial charge in [-0.3, -0.25) is 4.79 Å². The monoisotopic (exact) mass is 530 g/mol. The summed E-state index contributed by atoms with van der Waals surface area (Å²) in [6, 6.07) is 14.6. The van der Waals surface area contributed by atoms with Gasteiger partial charge in [0.25, 0.3) is 0 Å². The van der Waals surface area contributed by atoms with Gasteiger partial charge in [0, 0.05) is 43.7 Å². The molecule has 5 rings (SSSR count). The van der Waals surface area contributed by atoms with E-state index in [9.17, 15) is 9.18 Å². The highest BCUT2D eigenvalue weighted by molar-refractivity contribution is 5.92. The Morgan fingerprint density at radius 2 is 1.87 bits per heavy atom. The number of amides is 1. The van der Waals surface area contributed by atoms with E-state index in [0.29, 0.717) is 34.9 Å². The molecule has 2 aromatic heterocycles. The number of ether oxygens (including phenoxy) is 1. The standard InChI is InChI=1S/C30H35FN6O2/c1-18(2)24-14-21(6-8-25(24)31)33-30-34-26-15-22(7-9-27(26)36(30)5)39-23-10-12-32-28(16-23)35-29(38)20-11-13-37(17-20)19(3)4/h6-10,12,14-16,18-20H,11,13,17H2,1-5H3,(H,33,34)(H,32,35,38). The van der Waals surface area contributed by atoms with Crippen LogP contribution in [-0.2, 0) is 11.8 Å². The molecule has 1 saturated heterocycles. The fraction of sp³-hybridized carbons (Fsp3) is 0.367. The van der Waals surface area contributed by atoms with Crippen molar-refractivity contribution in [3.05, 3.63) is 66.1 Å². The second-order valence-electron chi connectivity index (χ2n) is 10.7. The molecule has 0 spiro atoms. The third kappa shape index (κ3) is 5.88. The molecule has 1 atom stereocenters. The number of likely N-dealkylation sites (tertiary alicyclic amines) is 1. The Labute approximate surface area is 228 Å². The molecule has 1 unspecified atom stereocenters. The lowest BCUT2D eigenvalue weighted by molar-refractivity contribution is -0.119. The van der Waals surface area contributed by atoms with Crippen LogP contribution >= 0.6 is 0 Å². The number of carbonyl (C=O) groups excluding carboxylic acids is 1. The van der Waals surface area contributed by atoms with E-state index >= 15 is 0 Å². The van der Waals surface area contributed by atoms with Gasteiger partial charge in [0.15, 0.2) is 0 Å². The third-order valence-corrected chi connectivity index (χ3v) is 7.27. The molecule has 0 bridgehead atoms. The topological polar surface area (TPSA) is 84.3 Å². The smallest absolute Gasteiger partial charge is 0.229 e. The van der Waals surface area contributed by atoms with Gasteiger partial charge in [-0.25, -0.2) is 14.4 Å². The summed E-state index contributed by atoms with van der Waals surface area (Å²) < 4.78 is 22.2. The number of halogens is 1. The van der Waals surface area contributed by atoms with E-state index in [4.69, 9.17) is 9.72 Å². The number of fused-ring (bicyclic) bond motifs is 1. The Kier molecular flexibility index (Phi) is 7.52. The van der Waals surface area contributed by atoms with Crippen LogP contribution in [0.15, 0.2) is 54.7 Å². The number of hydrogen-bond donors (Lipinski definition) is 2. The zero-order valence-electron chi connectivity index (χ0n) is 23.0. The Bertz CT molecular complexity index is 1500. The van der Waals surface area contributed by atoms with Gasteiger partial charge in [-0.15, -0.1) is 0 Å². The first-order valence-corrected chi connectivity index (χ1v) is 13.4. The highest BCUT2D eigenvalue weighted by Crippen LogP contribution is 2.30. The van der Waals surface area contributed by atoms with Gasteiger partial charge in [0.1, 0.15) is 23.1 Å². The van der Waals surface area contributed by atoms with E-state index in [1.165, 1.54) is 6.07 Å². The number of aryl methyl sites for hydroxylation is 1. The lowest BCUT2D eigenvalue weighted by atomic mass is 10.0. The molecule has 0 radical (unpaired) electrons. The molecule has 2 N–H and O–H groups in total. The number of nitrogens with one attached hydrogen (secondary N) is 2. The van der Waals surface area contributed by atoms with Gasteiger partial charge in [0.2, 0.25) is 11.9 Å². The lowest BCUT2D eigenvalue weighted by Gasteiger charge is -2.19. The normalized spacial score (nSPS) is 15.8. The van der Waals surface area contributed by atoms with Gasteiger partial charge in [-0.05, 0) is 74.7 Å². The third-order valence-electron chi connectivity index (χ3n) is 7.27. The zero-order chi connectivity index (χ0) is 27.7. The summed E-state index contributed by atoms with van der Waals surface area (Å²) >= 11 is 0. The summed E-state index contributed by atoms with van der Waals surface area (Å²) in [7, 11) is 1.92. The minimum Gasteiger partial charge on any atom is -0.457 e. The number of aromatic nitrogens is 3. The average Bonchev–Trinajstić information content (AvgIpc) is 3.51. The number of nitrogens with zero attached hydrogens (tertiary/aromatic N) is 4. The molecule has 0 aliphatic carbocycles. The summed E-state index contributed by atoms with van der Waals surface area (Å²) in [6.45, 7) is 9.93. The molecule has 1 aliphatic heterocycles. The minimum atomic E-state index is -0.211. The van der Waals surface area contributed by atoms with E-state index in [1.54, 1.807) is 24.4 Å². The first-order chi connectivity index (χ1) is 18.7. The van der Waals surface area contributed by atoms with E-state index < -0.39 is 0 Å². The lowest BCUT2D eigenvalue weighted by Crippen LogP contribution is -2.31. The van der Waals surface area contributed by atoms with Crippen molar-refractivity contribution in [2.24, 2.45) is 13.0 Å². The van der Waals surface area contributed by atoms with Crippen molar-refractivity contribution in [2.75, 3.05) is 23.7 Å². The maximum Gasteiger partial charge on any atom is 0.229 e. The van der Waals surface area contributed by atoms with Crippen molar-refractivity contribution >= 4 is 34.4 Å². The van der Waals surface area contributed by atoms with E-state index in [2.05, 4.69) is 34.4 Å². The summed E-state index contributed by atoms with van der Waals surface area (Å²) in [6.07, 6.45) is 2.47. The molecule has 2 aromatic carbocycles. The van der Waals surface area contributed by atoms with Gasteiger partial charge in [-0.1, -0.05) is 13.8 Å². The number of pyridine rings is 1. The van der Waals surface area contributed by atoms with Crippen molar-refractivity contribution in [1.29, 1.82) is 0 Å².